The summed E-state index contributed by atoms with van der Waals surface area (Å²) in [6.07, 6.45) is 0.291. The molecule has 2 aromatic rings. The molecule has 0 aliphatic rings. The van der Waals surface area contributed by atoms with Crippen LogP contribution in [0.2, 0.25) is 0 Å². The molecule has 0 fully saturated rings. The van der Waals surface area contributed by atoms with Crippen LogP contribution in [-0.4, -0.2) is 7.05 Å². The summed E-state index contributed by atoms with van der Waals surface area (Å²) in [5, 5.41) is 3.16. The lowest BCUT2D eigenvalue weighted by atomic mass is 9.93. The average molecular weight is 275 g/mol. The Balaban J connectivity index is 2.37. The Hall–Kier alpha value is -1.74. The first-order chi connectivity index (χ1) is 9.54. The number of rotatable bonds is 4. The number of nitrogens with one attached hydrogen (secondary N) is 1. The normalized spacial score (nSPS) is 12.4. The molecule has 106 valence electrons. The summed E-state index contributed by atoms with van der Waals surface area (Å²) < 4.78 is 27.5. The van der Waals surface area contributed by atoms with Crippen LogP contribution in [0.15, 0.2) is 36.4 Å². The van der Waals surface area contributed by atoms with Gasteiger partial charge >= 0.3 is 0 Å². The largest absolute Gasteiger partial charge is 0.313 e. The van der Waals surface area contributed by atoms with Crippen molar-refractivity contribution in [3.05, 3.63) is 70.3 Å². The second kappa shape index (κ2) is 6.14. The van der Waals surface area contributed by atoms with Gasteiger partial charge in [0.15, 0.2) is 0 Å². The lowest BCUT2D eigenvalue weighted by Crippen LogP contribution is -2.21. The van der Waals surface area contributed by atoms with E-state index >= 15 is 0 Å². The van der Waals surface area contributed by atoms with Gasteiger partial charge in [-0.2, -0.15) is 0 Å². The number of likely N-dealkylation sites (N-methyl/N-ethyl adjacent to an activating group) is 1. The van der Waals surface area contributed by atoms with Crippen LogP contribution in [0, 0.1) is 25.5 Å². The molecule has 0 radical (unpaired) electrons. The van der Waals surface area contributed by atoms with Gasteiger partial charge in [-0.3, -0.25) is 0 Å². The number of aryl methyl sites for hydroxylation is 1. The third kappa shape index (κ3) is 2.88. The monoisotopic (exact) mass is 275 g/mol. The average Bonchev–Trinajstić information content (AvgIpc) is 2.42. The molecule has 0 saturated heterocycles. The second-order valence-electron chi connectivity index (χ2n) is 5.03. The Morgan fingerprint density at radius 1 is 1.00 bits per heavy atom. The molecular formula is C17H19F2N. The van der Waals surface area contributed by atoms with Crippen LogP contribution in [0.3, 0.4) is 0 Å². The molecule has 0 aromatic heterocycles. The van der Waals surface area contributed by atoms with E-state index in [-0.39, 0.29) is 11.6 Å². The fourth-order valence-corrected chi connectivity index (χ4v) is 2.45. The van der Waals surface area contributed by atoms with Crippen LogP contribution < -0.4 is 5.32 Å². The smallest absolute Gasteiger partial charge is 0.129 e. The molecule has 0 saturated carbocycles. The molecule has 0 aliphatic carbocycles. The SMILES string of the molecule is CNC(Cc1c(F)cccc1F)c1cccc(C)c1C. The number of hydrogen-bond donors (Lipinski definition) is 1. The highest BCUT2D eigenvalue weighted by atomic mass is 19.1. The van der Waals surface area contributed by atoms with E-state index in [0.717, 1.165) is 11.1 Å². The van der Waals surface area contributed by atoms with Crippen LogP contribution in [0.5, 0.6) is 0 Å². The van der Waals surface area contributed by atoms with Gasteiger partial charge < -0.3 is 5.32 Å². The van der Waals surface area contributed by atoms with Crippen LogP contribution in [0.25, 0.3) is 0 Å². The van der Waals surface area contributed by atoms with Gasteiger partial charge in [0.25, 0.3) is 0 Å². The van der Waals surface area contributed by atoms with Crippen molar-refractivity contribution in [1.82, 2.24) is 5.32 Å². The Morgan fingerprint density at radius 3 is 2.20 bits per heavy atom. The lowest BCUT2D eigenvalue weighted by molar-refractivity contribution is 0.514. The minimum atomic E-state index is -0.490. The molecular weight excluding hydrogens is 256 g/mol. The highest BCUT2D eigenvalue weighted by Crippen LogP contribution is 2.25. The first kappa shape index (κ1) is 14.7. The summed E-state index contributed by atoms with van der Waals surface area (Å²) in [6.45, 7) is 4.07. The second-order valence-corrected chi connectivity index (χ2v) is 5.03. The number of hydrogen-bond acceptors (Lipinski definition) is 1. The third-order valence-electron chi connectivity index (χ3n) is 3.84. The van der Waals surface area contributed by atoms with Gasteiger partial charge in [-0.25, -0.2) is 8.78 Å². The molecule has 1 unspecified atom stereocenters. The zero-order valence-corrected chi connectivity index (χ0v) is 12.0. The van der Waals surface area contributed by atoms with Crippen molar-refractivity contribution >= 4 is 0 Å². The summed E-state index contributed by atoms with van der Waals surface area (Å²) in [5.41, 5.74) is 3.54. The van der Waals surface area contributed by atoms with E-state index in [1.54, 1.807) is 0 Å². The predicted octanol–water partition coefficient (Wildman–Crippen LogP) is 4.08. The van der Waals surface area contributed by atoms with E-state index < -0.39 is 11.6 Å². The zero-order chi connectivity index (χ0) is 14.7. The molecule has 2 rings (SSSR count). The molecule has 2 aromatic carbocycles. The van der Waals surface area contributed by atoms with Crippen molar-refractivity contribution in [3.8, 4) is 0 Å². The summed E-state index contributed by atoms with van der Waals surface area (Å²) in [5.74, 6) is -0.980. The molecule has 0 amide bonds. The Morgan fingerprint density at radius 2 is 1.60 bits per heavy atom. The van der Waals surface area contributed by atoms with Gasteiger partial charge in [0.1, 0.15) is 11.6 Å². The molecule has 0 spiro atoms. The van der Waals surface area contributed by atoms with Gasteiger partial charge in [0, 0.05) is 11.6 Å². The van der Waals surface area contributed by atoms with Crippen molar-refractivity contribution in [1.29, 1.82) is 0 Å². The minimum Gasteiger partial charge on any atom is -0.313 e. The molecule has 1 nitrogen and oxygen atoms in total. The van der Waals surface area contributed by atoms with E-state index in [1.165, 1.54) is 23.8 Å². The molecule has 0 bridgehead atoms. The van der Waals surface area contributed by atoms with E-state index in [1.807, 2.05) is 39.1 Å². The topological polar surface area (TPSA) is 12.0 Å². The van der Waals surface area contributed by atoms with Crippen LogP contribution in [0.4, 0.5) is 8.78 Å². The fourth-order valence-electron chi connectivity index (χ4n) is 2.45. The van der Waals surface area contributed by atoms with Crippen molar-refractivity contribution in [2.45, 2.75) is 26.3 Å². The molecule has 0 aliphatic heterocycles. The first-order valence-corrected chi connectivity index (χ1v) is 6.71. The molecule has 1 N–H and O–H groups in total. The maximum atomic E-state index is 13.8. The zero-order valence-electron chi connectivity index (χ0n) is 12.0. The molecule has 20 heavy (non-hydrogen) atoms. The standard InChI is InChI=1S/C17H19F2N/c1-11-6-4-7-13(12(11)2)17(20-3)10-14-15(18)8-5-9-16(14)19/h4-9,17,20H,10H2,1-3H3. The van der Waals surface area contributed by atoms with Crippen LogP contribution in [0.1, 0.15) is 28.3 Å². The highest BCUT2D eigenvalue weighted by molar-refractivity contribution is 5.36. The number of benzene rings is 2. The van der Waals surface area contributed by atoms with Crippen molar-refractivity contribution in [3.63, 3.8) is 0 Å². The minimum absolute atomic E-state index is 0.110. The summed E-state index contributed by atoms with van der Waals surface area (Å²) in [6, 6.07) is 9.89. The Bertz CT molecular complexity index is 588. The highest BCUT2D eigenvalue weighted by Gasteiger charge is 2.18. The molecule has 1 atom stereocenters. The van der Waals surface area contributed by atoms with Crippen molar-refractivity contribution in [2.24, 2.45) is 0 Å². The predicted molar refractivity (Wildman–Crippen MR) is 77.8 cm³/mol. The van der Waals surface area contributed by atoms with E-state index in [9.17, 15) is 8.78 Å². The summed E-state index contributed by atoms with van der Waals surface area (Å²) >= 11 is 0. The quantitative estimate of drug-likeness (QED) is 0.886. The van der Waals surface area contributed by atoms with Gasteiger partial charge in [0.2, 0.25) is 0 Å². The summed E-state index contributed by atoms with van der Waals surface area (Å²) in [4.78, 5) is 0. The lowest BCUT2D eigenvalue weighted by Gasteiger charge is -2.20. The van der Waals surface area contributed by atoms with Crippen LogP contribution >= 0.6 is 0 Å². The van der Waals surface area contributed by atoms with Crippen molar-refractivity contribution < 1.29 is 8.78 Å². The van der Waals surface area contributed by atoms with E-state index in [2.05, 4.69) is 5.32 Å². The van der Waals surface area contributed by atoms with Gasteiger partial charge in [-0.1, -0.05) is 24.3 Å². The van der Waals surface area contributed by atoms with Gasteiger partial charge in [-0.15, -0.1) is 0 Å². The van der Waals surface area contributed by atoms with E-state index in [4.69, 9.17) is 0 Å². The van der Waals surface area contributed by atoms with Gasteiger partial charge in [0.05, 0.1) is 0 Å². The van der Waals surface area contributed by atoms with Gasteiger partial charge in [-0.05, 0) is 56.1 Å². The summed E-state index contributed by atoms with van der Waals surface area (Å²) in [7, 11) is 1.81. The number of halogens is 2. The third-order valence-corrected chi connectivity index (χ3v) is 3.84. The van der Waals surface area contributed by atoms with Crippen molar-refractivity contribution in [2.75, 3.05) is 7.05 Å². The molecule has 3 heteroatoms. The fraction of sp³-hybridized carbons (Fsp3) is 0.294. The Kier molecular flexibility index (Phi) is 4.50. The first-order valence-electron chi connectivity index (χ1n) is 6.71. The van der Waals surface area contributed by atoms with E-state index in [0.29, 0.717) is 6.42 Å². The van der Waals surface area contributed by atoms with Crippen LogP contribution in [-0.2, 0) is 6.42 Å². The Labute approximate surface area is 118 Å². The molecule has 0 heterocycles. The maximum absolute atomic E-state index is 13.8. The maximum Gasteiger partial charge on any atom is 0.129 e.